The minimum Gasteiger partial charge on any atom is -0.497 e. The van der Waals surface area contributed by atoms with Gasteiger partial charge in [0.2, 0.25) is 5.95 Å². The van der Waals surface area contributed by atoms with E-state index in [2.05, 4.69) is 9.55 Å². The van der Waals surface area contributed by atoms with Crippen LogP contribution in [0.5, 0.6) is 5.75 Å². The van der Waals surface area contributed by atoms with Crippen LogP contribution in [0.2, 0.25) is 0 Å². The van der Waals surface area contributed by atoms with Gasteiger partial charge in [0.1, 0.15) is 17.9 Å². The van der Waals surface area contributed by atoms with Crippen LogP contribution in [0.25, 0.3) is 28.0 Å². The van der Waals surface area contributed by atoms with Crippen LogP contribution < -0.4 is 4.74 Å². The minimum absolute atomic E-state index is 0.243. The van der Waals surface area contributed by atoms with E-state index in [1.165, 1.54) is 6.07 Å². The van der Waals surface area contributed by atoms with E-state index in [-0.39, 0.29) is 5.82 Å². The lowest BCUT2D eigenvalue weighted by atomic mass is 10.3. The second-order valence-corrected chi connectivity index (χ2v) is 6.12. The number of fused-ring (bicyclic) bond motifs is 2. The lowest BCUT2D eigenvalue weighted by Crippen LogP contribution is -2.04. The minimum atomic E-state index is -0.243. The molecule has 4 aromatic rings. The highest BCUT2D eigenvalue weighted by Gasteiger charge is 2.29. The van der Waals surface area contributed by atoms with E-state index in [1.807, 2.05) is 22.8 Å². The molecule has 1 aliphatic carbocycles. The zero-order chi connectivity index (χ0) is 16.3. The second-order valence-electron chi connectivity index (χ2n) is 6.12. The second kappa shape index (κ2) is 4.80. The Morgan fingerprint density at radius 1 is 1.08 bits per heavy atom. The van der Waals surface area contributed by atoms with Gasteiger partial charge in [-0.1, -0.05) is 0 Å². The average molecular weight is 322 g/mol. The third kappa shape index (κ3) is 1.92. The van der Waals surface area contributed by atoms with E-state index < -0.39 is 0 Å². The van der Waals surface area contributed by atoms with Crippen LogP contribution in [0.3, 0.4) is 0 Å². The summed E-state index contributed by atoms with van der Waals surface area (Å²) in [6, 6.07) is 10.9. The van der Waals surface area contributed by atoms with Crippen molar-refractivity contribution in [3.05, 3.63) is 48.5 Å². The Kier molecular flexibility index (Phi) is 2.71. The lowest BCUT2D eigenvalue weighted by molar-refractivity contribution is 0.415. The fourth-order valence-corrected chi connectivity index (χ4v) is 3.19. The monoisotopic (exact) mass is 322 g/mol. The SMILES string of the molecule is COc1ccc2ncn(-c3nc4ccc(F)cc4n3C3CC3)c2c1. The Morgan fingerprint density at radius 3 is 2.71 bits per heavy atom. The first-order valence-electron chi connectivity index (χ1n) is 7.93. The smallest absolute Gasteiger partial charge is 0.216 e. The number of methoxy groups -OCH3 is 1. The molecule has 120 valence electrons. The van der Waals surface area contributed by atoms with Crippen molar-refractivity contribution in [1.29, 1.82) is 0 Å². The van der Waals surface area contributed by atoms with Crippen molar-refractivity contribution in [3.63, 3.8) is 0 Å². The molecule has 2 aromatic carbocycles. The average Bonchev–Trinajstić information content (AvgIpc) is 3.24. The first-order valence-corrected chi connectivity index (χ1v) is 7.93. The molecule has 0 bridgehead atoms. The first-order chi connectivity index (χ1) is 11.7. The van der Waals surface area contributed by atoms with Crippen LogP contribution in [0.1, 0.15) is 18.9 Å². The highest BCUT2D eigenvalue weighted by molar-refractivity contribution is 5.81. The molecule has 0 N–H and O–H groups in total. The van der Waals surface area contributed by atoms with Gasteiger partial charge >= 0.3 is 0 Å². The van der Waals surface area contributed by atoms with Gasteiger partial charge in [0.05, 0.1) is 29.2 Å². The zero-order valence-electron chi connectivity index (χ0n) is 13.1. The van der Waals surface area contributed by atoms with Crippen LogP contribution in [-0.4, -0.2) is 26.2 Å². The fourth-order valence-electron chi connectivity index (χ4n) is 3.19. The van der Waals surface area contributed by atoms with Gasteiger partial charge in [-0.3, -0.25) is 4.57 Å². The molecule has 0 saturated heterocycles. The molecule has 2 aromatic heterocycles. The summed E-state index contributed by atoms with van der Waals surface area (Å²) in [6.07, 6.45) is 3.94. The van der Waals surface area contributed by atoms with Crippen LogP contribution in [0.4, 0.5) is 4.39 Å². The number of benzene rings is 2. The predicted octanol–water partition coefficient (Wildman–Crippen LogP) is 3.86. The predicted molar refractivity (Wildman–Crippen MR) is 89.1 cm³/mol. The maximum absolute atomic E-state index is 13.7. The van der Waals surface area contributed by atoms with Crippen molar-refractivity contribution < 1.29 is 9.13 Å². The molecule has 0 unspecified atom stereocenters. The molecule has 24 heavy (non-hydrogen) atoms. The number of nitrogens with zero attached hydrogens (tertiary/aromatic N) is 4. The normalized spacial score (nSPS) is 14.6. The van der Waals surface area contributed by atoms with Gasteiger partial charge in [-0.25, -0.2) is 14.4 Å². The van der Waals surface area contributed by atoms with Crippen LogP contribution in [0.15, 0.2) is 42.7 Å². The van der Waals surface area contributed by atoms with Gasteiger partial charge < -0.3 is 9.30 Å². The number of halogens is 1. The third-order valence-corrected chi connectivity index (χ3v) is 4.51. The van der Waals surface area contributed by atoms with Gasteiger partial charge in [-0.2, -0.15) is 0 Å². The molecule has 0 radical (unpaired) electrons. The van der Waals surface area contributed by atoms with Crippen molar-refractivity contribution in [3.8, 4) is 11.7 Å². The molecule has 0 spiro atoms. The quantitative estimate of drug-likeness (QED) is 0.575. The molecule has 1 saturated carbocycles. The molecule has 1 aliphatic rings. The topological polar surface area (TPSA) is 44.9 Å². The third-order valence-electron chi connectivity index (χ3n) is 4.51. The van der Waals surface area contributed by atoms with E-state index in [0.717, 1.165) is 46.6 Å². The molecule has 1 fully saturated rings. The molecular formula is C18H15FN4O. The number of ether oxygens (including phenoxy) is 1. The van der Waals surface area contributed by atoms with E-state index in [9.17, 15) is 4.39 Å². The summed E-state index contributed by atoms with van der Waals surface area (Å²) in [5, 5.41) is 0. The lowest BCUT2D eigenvalue weighted by Gasteiger charge is -2.09. The summed E-state index contributed by atoms with van der Waals surface area (Å²) in [4.78, 5) is 9.20. The van der Waals surface area contributed by atoms with Gasteiger partial charge in [0, 0.05) is 12.1 Å². The summed E-state index contributed by atoms with van der Waals surface area (Å²) >= 11 is 0. The van der Waals surface area contributed by atoms with Gasteiger partial charge in [0.25, 0.3) is 0 Å². The van der Waals surface area contributed by atoms with Crippen molar-refractivity contribution in [2.75, 3.05) is 7.11 Å². The number of imidazole rings is 2. The summed E-state index contributed by atoms with van der Waals surface area (Å²) < 4.78 is 23.1. The van der Waals surface area contributed by atoms with Crippen LogP contribution in [0, 0.1) is 5.82 Å². The maximum atomic E-state index is 13.7. The van der Waals surface area contributed by atoms with Gasteiger partial charge in [0.15, 0.2) is 0 Å². The Hall–Kier alpha value is -2.89. The zero-order valence-corrected chi connectivity index (χ0v) is 13.1. The molecular weight excluding hydrogens is 307 g/mol. The Balaban J connectivity index is 1.81. The van der Waals surface area contributed by atoms with Crippen LogP contribution >= 0.6 is 0 Å². The summed E-state index contributed by atoms with van der Waals surface area (Å²) in [5.74, 6) is 1.30. The van der Waals surface area contributed by atoms with E-state index in [1.54, 1.807) is 25.6 Å². The standard InChI is InChI=1S/C18H15FN4O/c1-24-13-5-7-14-16(9-13)22(10-20-14)18-21-15-6-2-11(19)8-17(15)23(18)12-3-4-12/h2,5-10,12H,3-4H2,1H3. The van der Waals surface area contributed by atoms with Crippen molar-refractivity contribution in [1.82, 2.24) is 19.1 Å². The largest absolute Gasteiger partial charge is 0.497 e. The van der Waals surface area contributed by atoms with Crippen LogP contribution in [-0.2, 0) is 0 Å². The number of hydrogen-bond donors (Lipinski definition) is 0. The Labute approximate surface area is 137 Å². The number of rotatable bonds is 3. The van der Waals surface area contributed by atoms with E-state index >= 15 is 0 Å². The summed E-state index contributed by atoms with van der Waals surface area (Å²) in [6.45, 7) is 0. The van der Waals surface area contributed by atoms with Crippen molar-refractivity contribution in [2.45, 2.75) is 18.9 Å². The molecule has 0 amide bonds. The summed E-state index contributed by atoms with van der Waals surface area (Å²) in [5.41, 5.74) is 3.42. The number of hydrogen-bond acceptors (Lipinski definition) is 3. The highest BCUT2D eigenvalue weighted by Crippen LogP contribution is 2.40. The molecule has 5 rings (SSSR count). The molecule has 0 aliphatic heterocycles. The molecule has 2 heterocycles. The Morgan fingerprint density at radius 2 is 1.92 bits per heavy atom. The first kappa shape index (κ1) is 13.5. The van der Waals surface area contributed by atoms with Crippen molar-refractivity contribution >= 4 is 22.1 Å². The molecule has 6 heteroatoms. The van der Waals surface area contributed by atoms with E-state index in [0.29, 0.717) is 6.04 Å². The maximum Gasteiger partial charge on any atom is 0.216 e. The molecule has 0 atom stereocenters. The van der Waals surface area contributed by atoms with Gasteiger partial charge in [-0.05, 0) is 43.2 Å². The number of aromatic nitrogens is 4. The summed E-state index contributed by atoms with van der Waals surface area (Å²) in [7, 11) is 1.64. The Bertz CT molecular complexity index is 1080. The fraction of sp³-hybridized carbons (Fsp3) is 0.222. The highest BCUT2D eigenvalue weighted by atomic mass is 19.1. The van der Waals surface area contributed by atoms with Gasteiger partial charge in [-0.15, -0.1) is 0 Å². The van der Waals surface area contributed by atoms with E-state index in [4.69, 9.17) is 9.72 Å². The molecule has 5 nitrogen and oxygen atoms in total. The van der Waals surface area contributed by atoms with Crippen molar-refractivity contribution in [2.24, 2.45) is 0 Å².